The number of fused-ring (bicyclic) bond motifs is 5. The van der Waals surface area contributed by atoms with Gasteiger partial charge in [0.05, 0.1) is 19.6 Å². The zero-order valence-corrected chi connectivity index (χ0v) is 20.6. The molecule has 1 unspecified atom stereocenters. The second-order valence-corrected chi connectivity index (χ2v) is 9.44. The molecular weight excluding hydrogens is 442 g/mol. The van der Waals surface area contributed by atoms with Crippen molar-refractivity contribution in [1.29, 1.82) is 0 Å². The van der Waals surface area contributed by atoms with Crippen LogP contribution in [-0.2, 0) is 5.41 Å². The summed E-state index contributed by atoms with van der Waals surface area (Å²) in [6.45, 7) is 4.95. The predicted molar refractivity (Wildman–Crippen MR) is 136 cm³/mol. The third kappa shape index (κ3) is 3.30. The number of benzene rings is 3. The smallest absolute Gasteiger partial charge is 0.231 e. The molecule has 1 spiro atoms. The molecule has 0 radical (unpaired) electrons. The van der Waals surface area contributed by atoms with E-state index in [0.717, 1.165) is 64.9 Å². The Labute approximate surface area is 206 Å². The summed E-state index contributed by atoms with van der Waals surface area (Å²) in [7, 11) is 3.38. The molecule has 3 aromatic rings. The van der Waals surface area contributed by atoms with Crippen molar-refractivity contribution in [2.75, 3.05) is 45.6 Å². The Morgan fingerprint density at radius 2 is 1.69 bits per heavy atom. The summed E-state index contributed by atoms with van der Waals surface area (Å²) in [6.07, 6.45) is 3.57. The average molecular weight is 474 g/mol. The highest BCUT2D eigenvalue weighted by molar-refractivity contribution is 5.86. The number of anilines is 1. The van der Waals surface area contributed by atoms with Gasteiger partial charge in [-0.2, -0.15) is 0 Å². The monoisotopic (exact) mass is 473 g/mol. The maximum Gasteiger partial charge on any atom is 0.231 e. The quantitative estimate of drug-likeness (QED) is 0.405. The highest BCUT2D eigenvalue weighted by Crippen LogP contribution is 2.57. The minimum absolute atomic E-state index is 0.247. The Morgan fingerprint density at radius 1 is 0.886 bits per heavy atom. The third-order valence-corrected chi connectivity index (χ3v) is 7.51. The first-order valence-electron chi connectivity index (χ1n) is 12.4. The largest absolute Gasteiger partial charge is 0.493 e. The molecule has 3 aliphatic rings. The van der Waals surface area contributed by atoms with Crippen molar-refractivity contribution in [2.24, 2.45) is 0 Å². The van der Waals surface area contributed by atoms with Gasteiger partial charge in [0.2, 0.25) is 6.79 Å². The third-order valence-electron chi connectivity index (χ3n) is 7.51. The first-order chi connectivity index (χ1) is 17.2. The van der Waals surface area contributed by atoms with E-state index in [1.165, 1.54) is 24.1 Å². The first-order valence-corrected chi connectivity index (χ1v) is 12.4. The van der Waals surface area contributed by atoms with Gasteiger partial charge in [-0.1, -0.05) is 44.0 Å². The molecule has 0 saturated carbocycles. The van der Waals surface area contributed by atoms with Gasteiger partial charge in [-0.3, -0.25) is 0 Å². The molecule has 0 amide bonds. The van der Waals surface area contributed by atoms with E-state index in [9.17, 15) is 0 Å². The molecule has 3 aromatic carbocycles. The molecule has 0 bridgehead atoms. The second-order valence-electron chi connectivity index (χ2n) is 9.44. The van der Waals surface area contributed by atoms with Crippen LogP contribution in [0.15, 0.2) is 48.5 Å². The topological polar surface area (TPSA) is 49.4 Å². The van der Waals surface area contributed by atoms with E-state index in [4.69, 9.17) is 23.7 Å². The van der Waals surface area contributed by atoms with Gasteiger partial charge in [-0.25, -0.2) is 0 Å². The molecule has 0 aliphatic carbocycles. The Hall–Kier alpha value is -3.54. The Morgan fingerprint density at radius 3 is 2.49 bits per heavy atom. The summed E-state index contributed by atoms with van der Waals surface area (Å²) in [5.74, 6) is 3.88. The fraction of sp³-hybridized carbons (Fsp3) is 0.379. The lowest BCUT2D eigenvalue weighted by Gasteiger charge is -2.27. The van der Waals surface area contributed by atoms with E-state index < -0.39 is 0 Å². The molecule has 0 fully saturated rings. The highest BCUT2D eigenvalue weighted by atomic mass is 16.7. The van der Waals surface area contributed by atoms with Crippen LogP contribution < -0.4 is 28.6 Å². The maximum absolute atomic E-state index is 6.37. The van der Waals surface area contributed by atoms with E-state index in [1.54, 1.807) is 14.2 Å². The molecule has 6 nitrogen and oxygen atoms in total. The van der Waals surface area contributed by atoms with Crippen LogP contribution in [0.5, 0.6) is 28.7 Å². The average Bonchev–Trinajstić information content (AvgIpc) is 3.59. The fourth-order valence-corrected chi connectivity index (χ4v) is 5.91. The van der Waals surface area contributed by atoms with Gasteiger partial charge in [0.25, 0.3) is 0 Å². The number of ether oxygens (including phenoxy) is 5. The Bertz CT molecular complexity index is 1270. The summed E-state index contributed by atoms with van der Waals surface area (Å²) in [5, 5.41) is 0. The number of methoxy groups -OCH3 is 2. The van der Waals surface area contributed by atoms with Gasteiger partial charge in [0.15, 0.2) is 23.0 Å². The van der Waals surface area contributed by atoms with Crippen LogP contribution in [0, 0.1) is 0 Å². The van der Waals surface area contributed by atoms with Crippen molar-refractivity contribution in [2.45, 2.75) is 31.6 Å². The zero-order valence-electron chi connectivity index (χ0n) is 20.6. The van der Waals surface area contributed by atoms with Crippen LogP contribution >= 0.6 is 0 Å². The molecule has 1 atom stereocenters. The number of para-hydroxylation sites is 1. The SMILES string of the molecule is CCCCCN1CC2(COc3cc4c(cc32)OCO4)c2c(-c3cccc(OC)c3OC)cccc21. The molecule has 182 valence electrons. The number of rotatable bonds is 7. The van der Waals surface area contributed by atoms with Crippen LogP contribution in [0.25, 0.3) is 11.1 Å². The number of hydrogen-bond donors (Lipinski definition) is 0. The zero-order chi connectivity index (χ0) is 24.0. The summed E-state index contributed by atoms with van der Waals surface area (Å²) in [4.78, 5) is 2.53. The minimum atomic E-state index is -0.317. The molecule has 6 rings (SSSR count). The Balaban J connectivity index is 1.56. The van der Waals surface area contributed by atoms with Gasteiger partial charge in [0.1, 0.15) is 12.4 Å². The van der Waals surface area contributed by atoms with E-state index >= 15 is 0 Å². The molecule has 3 heterocycles. The summed E-state index contributed by atoms with van der Waals surface area (Å²) in [6, 6.07) is 16.8. The lowest BCUT2D eigenvalue weighted by Crippen LogP contribution is -2.36. The van der Waals surface area contributed by atoms with Crippen molar-refractivity contribution in [3.8, 4) is 39.9 Å². The Kier molecular flexibility index (Phi) is 5.39. The van der Waals surface area contributed by atoms with Gasteiger partial charge in [-0.15, -0.1) is 0 Å². The normalized spacial score (nSPS) is 19.0. The van der Waals surface area contributed by atoms with Crippen LogP contribution in [0.3, 0.4) is 0 Å². The maximum atomic E-state index is 6.37. The van der Waals surface area contributed by atoms with Crippen molar-refractivity contribution >= 4 is 5.69 Å². The van der Waals surface area contributed by atoms with Crippen molar-refractivity contribution in [1.82, 2.24) is 0 Å². The molecule has 0 N–H and O–H groups in total. The van der Waals surface area contributed by atoms with Gasteiger partial charge in [0, 0.05) is 36.0 Å². The van der Waals surface area contributed by atoms with Crippen LogP contribution in [-0.4, -0.2) is 40.7 Å². The molecule has 6 heteroatoms. The number of hydrogen-bond acceptors (Lipinski definition) is 6. The number of unbranched alkanes of at least 4 members (excludes halogenated alkanes) is 2. The first kappa shape index (κ1) is 22.0. The van der Waals surface area contributed by atoms with Gasteiger partial charge >= 0.3 is 0 Å². The van der Waals surface area contributed by atoms with Crippen LogP contribution in [0.1, 0.15) is 37.3 Å². The summed E-state index contributed by atoms with van der Waals surface area (Å²) >= 11 is 0. The summed E-state index contributed by atoms with van der Waals surface area (Å²) in [5.41, 5.74) is 5.55. The number of nitrogens with zero attached hydrogens (tertiary/aromatic N) is 1. The van der Waals surface area contributed by atoms with Crippen molar-refractivity contribution in [3.05, 3.63) is 59.7 Å². The highest BCUT2D eigenvalue weighted by Gasteiger charge is 2.52. The van der Waals surface area contributed by atoms with E-state index in [1.807, 2.05) is 18.2 Å². The molecule has 3 aliphatic heterocycles. The second kappa shape index (κ2) is 8.59. The molecular formula is C29H31NO5. The van der Waals surface area contributed by atoms with Gasteiger partial charge < -0.3 is 28.6 Å². The van der Waals surface area contributed by atoms with Crippen molar-refractivity contribution < 1.29 is 23.7 Å². The van der Waals surface area contributed by atoms with Crippen LogP contribution in [0.2, 0.25) is 0 Å². The van der Waals surface area contributed by atoms with Gasteiger partial charge in [-0.05, 0) is 35.7 Å². The molecule has 0 aromatic heterocycles. The molecule has 0 saturated heterocycles. The molecule has 35 heavy (non-hydrogen) atoms. The lowest BCUT2D eigenvalue weighted by molar-refractivity contribution is 0.173. The standard InChI is InChI=1S/C29H31NO5/c1-4-5-6-13-30-16-29(17-33-24-15-26-25(14-21(24)29)34-18-35-26)27-19(9-7-11-22(27)30)20-10-8-12-23(31-2)28(20)32-3/h7-12,14-15H,4-6,13,16-18H2,1-3H3. The van der Waals surface area contributed by atoms with E-state index in [2.05, 4.69) is 42.2 Å². The fourth-order valence-electron chi connectivity index (χ4n) is 5.91. The lowest BCUT2D eigenvalue weighted by atomic mass is 9.74. The summed E-state index contributed by atoms with van der Waals surface area (Å²) < 4.78 is 29.3. The van der Waals surface area contributed by atoms with E-state index in [-0.39, 0.29) is 12.2 Å². The van der Waals surface area contributed by atoms with Crippen molar-refractivity contribution in [3.63, 3.8) is 0 Å². The van der Waals surface area contributed by atoms with Crippen LogP contribution in [0.4, 0.5) is 5.69 Å². The predicted octanol–water partition coefficient (Wildman–Crippen LogP) is 5.79. The minimum Gasteiger partial charge on any atom is -0.493 e. The van der Waals surface area contributed by atoms with E-state index in [0.29, 0.717) is 6.61 Å².